The number of hydrogen-bond acceptors (Lipinski definition) is 3. The van der Waals surface area contributed by atoms with Crippen LogP contribution in [0.25, 0.3) is 0 Å². The second-order valence-electron chi connectivity index (χ2n) is 4.03. The third-order valence-electron chi connectivity index (χ3n) is 2.51. The van der Waals surface area contributed by atoms with Gasteiger partial charge in [-0.15, -0.1) is 22.9 Å². The van der Waals surface area contributed by atoms with Gasteiger partial charge in [-0.1, -0.05) is 12.1 Å². The zero-order chi connectivity index (χ0) is 13.8. The van der Waals surface area contributed by atoms with E-state index in [4.69, 9.17) is 11.6 Å². The molecule has 1 N–H and O–H groups in total. The van der Waals surface area contributed by atoms with Crippen LogP contribution < -0.4 is 5.32 Å². The molecule has 0 aliphatic heterocycles. The summed E-state index contributed by atoms with van der Waals surface area (Å²) < 4.78 is 0.906. The highest BCUT2D eigenvalue weighted by Gasteiger charge is 2.10. The molecule has 1 amide bonds. The predicted molar refractivity (Wildman–Crippen MR) is 82.9 cm³/mol. The van der Waals surface area contributed by atoms with Crippen molar-refractivity contribution in [1.29, 1.82) is 0 Å². The Hall–Kier alpha value is -0.910. The molecule has 1 heterocycles. The van der Waals surface area contributed by atoms with Gasteiger partial charge in [-0.2, -0.15) is 0 Å². The largest absolute Gasteiger partial charge is 0.325 e. The number of alkyl halides is 1. The molecule has 0 saturated carbocycles. The summed E-state index contributed by atoms with van der Waals surface area (Å²) in [6.45, 7) is 1.98. The highest BCUT2D eigenvalue weighted by molar-refractivity contribution is 9.10. The van der Waals surface area contributed by atoms with Gasteiger partial charge in [0.2, 0.25) is 5.91 Å². The first-order valence-electron chi connectivity index (χ1n) is 5.64. The first-order valence-corrected chi connectivity index (χ1v) is 7.85. The molecule has 3 nitrogen and oxygen atoms in total. The van der Waals surface area contributed by atoms with Crippen LogP contribution in [0.3, 0.4) is 0 Å². The number of thiazole rings is 1. The molecule has 0 aliphatic rings. The lowest BCUT2D eigenvalue weighted by Crippen LogP contribution is -2.14. The van der Waals surface area contributed by atoms with Crippen molar-refractivity contribution in [3.63, 3.8) is 0 Å². The highest BCUT2D eigenvalue weighted by Crippen LogP contribution is 2.25. The average molecular weight is 360 g/mol. The lowest BCUT2D eigenvalue weighted by Gasteiger charge is -2.08. The molecule has 0 bridgehead atoms. The minimum atomic E-state index is -0.0817. The zero-order valence-electron chi connectivity index (χ0n) is 10.2. The Balaban J connectivity index is 2.03. The van der Waals surface area contributed by atoms with Gasteiger partial charge < -0.3 is 5.32 Å². The Kier molecular flexibility index (Phi) is 4.96. The predicted octanol–water partition coefficient (Wildman–Crippen LogP) is 4.13. The minimum Gasteiger partial charge on any atom is -0.325 e. The molecular formula is C13H12BrClN2OS. The van der Waals surface area contributed by atoms with Crippen molar-refractivity contribution in [3.8, 4) is 0 Å². The summed E-state index contributed by atoms with van der Waals surface area (Å²) in [5.41, 5.74) is 2.67. The normalized spacial score (nSPS) is 10.5. The van der Waals surface area contributed by atoms with E-state index in [1.165, 1.54) is 11.3 Å². The van der Waals surface area contributed by atoms with E-state index in [1.807, 2.05) is 30.5 Å². The summed E-state index contributed by atoms with van der Waals surface area (Å²) >= 11 is 10.6. The fraction of sp³-hybridized carbons (Fsp3) is 0.231. The standard InChI is InChI=1S/C13H12BrClN2OS/c1-8-3-2-4-10(13(8)14)17-11(18)5-12-16-9(6-15)7-19-12/h2-4,7H,5-6H2,1H3,(H,17,18). The first-order chi connectivity index (χ1) is 9.10. The van der Waals surface area contributed by atoms with E-state index in [1.54, 1.807) is 0 Å². The third-order valence-corrected chi connectivity index (χ3v) is 4.74. The summed E-state index contributed by atoms with van der Waals surface area (Å²) in [5, 5.41) is 5.52. The Bertz CT molecular complexity index is 600. The molecule has 1 aromatic heterocycles. The van der Waals surface area contributed by atoms with Crippen LogP contribution in [0.4, 0.5) is 5.69 Å². The highest BCUT2D eigenvalue weighted by atomic mass is 79.9. The number of anilines is 1. The summed E-state index contributed by atoms with van der Waals surface area (Å²) in [6.07, 6.45) is 0.266. The molecule has 0 saturated heterocycles. The number of aromatic nitrogens is 1. The lowest BCUT2D eigenvalue weighted by molar-refractivity contribution is -0.115. The minimum absolute atomic E-state index is 0.0817. The van der Waals surface area contributed by atoms with Gasteiger partial charge in [0.15, 0.2) is 0 Å². The number of carbonyl (C=O) groups excluding carboxylic acids is 1. The Morgan fingerprint density at radius 1 is 1.53 bits per heavy atom. The fourth-order valence-corrected chi connectivity index (χ4v) is 2.95. The molecule has 2 aromatic rings. The van der Waals surface area contributed by atoms with Crippen LogP contribution in [0.5, 0.6) is 0 Å². The monoisotopic (exact) mass is 358 g/mol. The molecule has 0 aliphatic carbocycles. The van der Waals surface area contributed by atoms with E-state index in [0.717, 1.165) is 26.4 Å². The molecule has 0 atom stereocenters. The number of benzene rings is 1. The molecule has 19 heavy (non-hydrogen) atoms. The van der Waals surface area contributed by atoms with Crippen molar-refractivity contribution in [2.45, 2.75) is 19.2 Å². The van der Waals surface area contributed by atoms with Crippen molar-refractivity contribution < 1.29 is 4.79 Å². The van der Waals surface area contributed by atoms with Crippen LogP contribution in [0, 0.1) is 6.92 Å². The van der Waals surface area contributed by atoms with Gasteiger partial charge in [0.05, 0.1) is 23.7 Å². The van der Waals surface area contributed by atoms with E-state index in [2.05, 4.69) is 26.2 Å². The van der Waals surface area contributed by atoms with Crippen LogP contribution in [0.2, 0.25) is 0 Å². The Morgan fingerprint density at radius 3 is 3.00 bits per heavy atom. The molecule has 6 heteroatoms. The molecule has 0 spiro atoms. The summed E-state index contributed by atoms with van der Waals surface area (Å²) in [5.74, 6) is 0.295. The zero-order valence-corrected chi connectivity index (χ0v) is 13.4. The number of amides is 1. The fourth-order valence-electron chi connectivity index (χ4n) is 1.57. The number of nitrogens with one attached hydrogen (secondary N) is 1. The van der Waals surface area contributed by atoms with Crippen molar-refractivity contribution in [2.24, 2.45) is 0 Å². The number of aryl methyl sites for hydroxylation is 1. The van der Waals surface area contributed by atoms with Gasteiger partial charge in [0.25, 0.3) is 0 Å². The number of nitrogens with zero attached hydrogens (tertiary/aromatic N) is 1. The number of halogens is 2. The maximum atomic E-state index is 11.9. The van der Waals surface area contributed by atoms with Crippen LogP contribution in [0.1, 0.15) is 16.3 Å². The summed E-state index contributed by atoms with van der Waals surface area (Å²) in [6, 6.07) is 5.75. The maximum absolute atomic E-state index is 11.9. The van der Waals surface area contributed by atoms with Gasteiger partial charge in [0, 0.05) is 9.85 Å². The van der Waals surface area contributed by atoms with E-state index in [-0.39, 0.29) is 12.3 Å². The summed E-state index contributed by atoms with van der Waals surface area (Å²) in [4.78, 5) is 16.2. The molecule has 100 valence electrons. The molecule has 2 rings (SSSR count). The number of hydrogen-bond donors (Lipinski definition) is 1. The van der Waals surface area contributed by atoms with Crippen molar-refractivity contribution in [2.75, 3.05) is 5.32 Å². The molecule has 1 aromatic carbocycles. The smallest absolute Gasteiger partial charge is 0.231 e. The van der Waals surface area contributed by atoms with Crippen molar-refractivity contribution in [3.05, 3.63) is 44.3 Å². The van der Waals surface area contributed by atoms with Crippen molar-refractivity contribution in [1.82, 2.24) is 4.98 Å². The third kappa shape index (κ3) is 3.78. The van der Waals surface area contributed by atoms with Gasteiger partial charge in [-0.25, -0.2) is 4.98 Å². The number of carbonyl (C=O) groups is 1. The second-order valence-corrected chi connectivity index (χ2v) is 6.03. The van der Waals surface area contributed by atoms with E-state index >= 15 is 0 Å². The topological polar surface area (TPSA) is 42.0 Å². The Labute approximate surface area is 129 Å². The lowest BCUT2D eigenvalue weighted by atomic mass is 10.2. The van der Waals surface area contributed by atoms with Crippen LogP contribution in [-0.2, 0) is 17.1 Å². The molecular weight excluding hydrogens is 348 g/mol. The van der Waals surface area contributed by atoms with Gasteiger partial charge in [-0.3, -0.25) is 4.79 Å². The van der Waals surface area contributed by atoms with Crippen LogP contribution in [-0.4, -0.2) is 10.9 Å². The van der Waals surface area contributed by atoms with E-state index in [0.29, 0.717) is 5.88 Å². The van der Waals surface area contributed by atoms with Crippen LogP contribution >= 0.6 is 38.9 Å². The van der Waals surface area contributed by atoms with Gasteiger partial charge in [-0.05, 0) is 34.5 Å². The average Bonchev–Trinajstić information content (AvgIpc) is 2.82. The van der Waals surface area contributed by atoms with Crippen LogP contribution in [0.15, 0.2) is 28.1 Å². The first kappa shape index (κ1) is 14.5. The van der Waals surface area contributed by atoms with Gasteiger partial charge in [0.1, 0.15) is 5.01 Å². The van der Waals surface area contributed by atoms with E-state index < -0.39 is 0 Å². The SMILES string of the molecule is Cc1cccc(NC(=O)Cc2nc(CCl)cs2)c1Br. The quantitative estimate of drug-likeness (QED) is 0.834. The molecule has 0 fully saturated rings. The second kappa shape index (κ2) is 6.50. The van der Waals surface area contributed by atoms with Crippen molar-refractivity contribution >= 4 is 50.5 Å². The maximum Gasteiger partial charge on any atom is 0.231 e. The molecule has 0 unspecified atom stereocenters. The Morgan fingerprint density at radius 2 is 2.32 bits per heavy atom. The van der Waals surface area contributed by atoms with Gasteiger partial charge >= 0.3 is 0 Å². The van der Waals surface area contributed by atoms with E-state index in [9.17, 15) is 4.79 Å². The summed E-state index contributed by atoms with van der Waals surface area (Å²) in [7, 11) is 0. The number of rotatable bonds is 4. The molecule has 0 radical (unpaired) electrons.